The van der Waals surface area contributed by atoms with Gasteiger partial charge in [-0.05, 0) is 25.5 Å². The molecule has 0 aliphatic carbocycles. The molecule has 20 heavy (non-hydrogen) atoms. The summed E-state index contributed by atoms with van der Waals surface area (Å²) < 4.78 is 5.69. The van der Waals surface area contributed by atoms with E-state index in [4.69, 9.17) is 4.74 Å². The summed E-state index contributed by atoms with van der Waals surface area (Å²) >= 11 is 0. The third kappa shape index (κ3) is 2.94. The molecule has 3 rings (SSSR count). The Morgan fingerprint density at radius 3 is 3.10 bits per heavy atom. The van der Waals surface area contributed by atoms with Crippen molar-refractivity contribution < 1.29 is 9.53 Å². The SMILES string of the molecule is O=C(C1CCCCN1)N1CCOC(N2N=CC=CN2)C1. The van der Waals surface area contributed by atoms with Crippen LogP contribution < -0.4 is 10.7 Å². The van der Waals surface area contributed by atoms with Crippen LogP contribution in [0.1, 0.15) is 19.3 Å². The fourth-order valence-electron chi connectivity index (χ4n) is 2.73. The first-order valence-electron chi connectivity index (χ1n) is 7.23. The van der Waals surface area contributed by atoms with Crippen molar-refractivity contribution in [1.82, 2.24) is 20.8 Å². The summed E-state index contributed by atoms with van der Waals surface area (Å²) in [6.07, 6.45) is 8.28. The molecular weight excluding hydrogens is 258 g/mol. The van der Waals surface area contributed by atoms with Gasteiger partial charge in [0.25, 0.3) is 0 Å². The van der Waals surface area contributed by atoms with Crippen molar-refractivity contribution in [2.75, 3.05) is 26.2 Å². The van der Waals surface area contributed by atoms with E-state index in [9.17, 15) is 4.79 Å². The molecule has 3 aliphatic rings. The fraction of sp³-hybridized carbons (Fsp3) is 0.692. The van der Waals surface area contributed by atoms with Crippen LogP contribution in [0.15, 0.2) is 17.4 Å². The Hall–Kier alpha value is -1.60. The Balaban J connectivity index is 1.58. The van der Waals surface area contributed by atoms with Crippen LogP contribution in [0.5, 0.6) is 0 Å². The maximum Gasteiger partial charge on any atom is 0.239 e. The van der Waals surface area contributed by atoms with Gasteiger partial charge in [0, 0.05) is 12.7 Å². The number of piperidine rings is 1. The third-order valence-corrected chi connectivity index (χ3v) is 3.82. The number of amides is 1. The summed E-state index contributed by atoms with van der Waals surface area (Å²) in [4.78, 5) is 14.4. The molecule has 3 heterocycles. The van der Waals surface area contributed by atoms with Gasteiger partial charge in [0.1, 0.15) is 0 Å². The molecule has 2 atom stereocenters. The average molecular weight is 279 g/mol. The predicted molar refractivity (Wildman–Crippen MR) is 74.6 cm³/mol. The zero-order chi connectivity index (χ0) is 13.8. The Bertz CT molecular complexity index is 406. The molecule has 1 amide bonds. The molecule has 2 fully saturated rings. The van der Waals surface area contributed by atoms with E-state index in [2.05, 4.69) is 15.8 Å². The van der Waals surface area contributed by atoms with Gasteiger partial charge in [-0.2, -0.15) is 10.2 Å². The molecule has 0 aromatic carbocycles. The zero-order valence-electron chi connectivity index (χ0n) is 11.5. The highest BCUT2D eigenvalue weighted by Gasteiger charge is 2.32. The van der Waals surface area contributed by atoms with Gasteiger partial charge in [-0.1, -0.05) is 6.42 Å². The number of hydrogen-bond donors (Lipinski definition) is 2. The minimum absolute atomic E-state index is 0.0276. The van der Waals surface area contributed by atoms with Gasteiger partial charge in [0.15, 0.2) is 6.23 Å². The molecule has 2 N–H and O–H groups in total. The number of nitrogens with zero attached hydrogens (tertiary/aromatic N) is 3. The number of ether oxygens (including phenoxy) is 1. The lowest BCUT2D eigenvalue weighted by molar-refractivity contribution is -0.156. The molecule has 2 unspecified atom stereocenters. The molecule has 0 spiro atoms. The van der Waals surface area contributed by atoms with Crippen molar-refractivity contribution in [2.45, 2.75) is 31.5 Å². The Morgan fingerprint density at radius 2 is 2.35 bits per heavy atom. The van der Waals surface area contributed by atoms with Crippen LogP contribution in [-0.4, -0.2) is 60.7 Å². The summed E-state index contributed by atoms with van der Waals surface area (Å²) in [7, 11) is 0. The van der Waals surface area contributed by atoms with Crippen LogP contribution in [-0.2, 0) is 9.53 Å². The molecular formula is C13H21N5O2. The lowest BCUT2D eigenvalue weighted by atomic mass is 10.0. The highest BCUT2D eigenvalue weighted by Crippen LogP contribution is 2.14. The number of hydrazine groups is 1. The number of allylic oxidation sites excluding steroid dienone is 1. The van der Waals surface area contributed by atoms with Crippen molar-refractivity contribution in [1.29, 1.82) is 0 Å². The van der Waals surface area contributed by atoms with Gasteiger partial charge in [0.05, 0.1) is 25.4 Å². The largest absolute Gasteiger partial charge is 0.351 e. The van der Waals surface area contributed by atoms with Crippen LogP contribution in [0, 0.1) is 0 Å². The molecule has 0 radical (unpaired) electrons. The van der Waals surface area contributed by atoms with E-state index >= 15 is 0 Å². The van der Waals surface area contributed by atoms with E-state index in [1.807, 2.05) is 11.0 Å². The number of carbonyl (C=O) groups excluding carboxylic acids is 1. The Labute approximate surface area is 118 Å². The summed E-state index contributed by atoms with van der Waals surface area (Å²) in [5.74, 6) is 0.189. The molecule has 0 bridgehead atoms. The number of nitrogens with one attached hydrogen (secondary N) is 2. The van der Waals surface area contributed by atoms with Gasteiger partial charge in [0.2, 0.25) is 5.91 Å². The number of hydrogen-bond acceptors (Lipinski definition) is 6. The third-order valence-electron chi connectivity index (χ3n) is 3.82. The first-order valence-corrected chi connectivity index (χ1v) is 7.23. The van der Waals surface area contributed by atoms with Crippen LogP contribution in [0.4, 0.5) is 0 Å². The van der Waals surface area contributed by atoms with Crippen molar-refractivity contribution in [2.24, 2.45) is 5.10 Å². The van der Waals surface area contributed by atoms with Crippen molar-refractivity contribution in [3.05, 3.63) is 12.3 Å². The average Bonchev–Trinajstić information content (AvgIpc) is 2.56. The van der Waals surface area contributed by atoms with Crippen molar-refractivity contribution in [3.8, 4) is 0 Å². The summed E-state index contributed by atoms with van der Waals surface area (Å²) in [5.41, 5.74) is 3.00. The Kier molecular flexibility index (Phi) is 4.17. The summed E-state index contributed by atoms with van der Waals surface area (Å²) in [6, 6.07) is -0.0276. The first-order chi connectivity index (χ1) is 9.84. The molecule has 3 aliphatic heterocycles. The first kappa shape index (κ1) is 13.4. The number of morpholine rings is 1. The van der Waals surface area contributed by atoms with Crippen LogP contribution in [0.3, 0.4) is 0 Å². The maximum atomic E-state index is 12.5. The van der Waals surface area contributed by atoms with Gasteiger partial charge in [-0.25, -0.2) is 0 Å². The second-order valence-electron chi connectivity index (χ2n) is 5.21. The van der Waals surface area contributed by atoms with Crippen LogP contribution in [0.25, 0.3) is 0 Å². The maximum absolute atomic E-state index is 12.5. The summed E-state index contributed by atoms with van der Waals surface area (Å²) in [6.45, 7) is 2.67. The normalized spacial score (nSPS) is 30.2. The van der Waals surface area contributed by atoms with Crippen LogP contribution in [0.2, 0.25) is 0 Å². The smallest absolute Gasteiger partial charge is 0.239 e. The van der Waals surface area contributed by atoms with Crippen molar-refractivity contribution in [3.63, 3.8) is 0 Å². The molecule has 0 aromatic heterocycles. The molecule has 0 aromatic rings. The minimum atomic E-state index is -0.238. The highest BCUT2D eigenvalue weighted by molar-refractivity contribution is 5.82. The standard InChI is InChI=1S/C13H21N5O2/c19-13(11-4-1-2-5-14-11)17-8-9-20-12(10-17)18-15-6-3-7-16-18/h3,6-7,11-12,14-15H,1-2,4-5,8-10H2. The minimum Gasteiger partial charge on any atom is -0.351 e. The molecule has 0 saturated carbocycles. The van der Waals surface area contributed by atoms with Crippen molar-refractivity contribution >= 4 is 12.1 Å². The van der Waals surface area contributed by atoms with E-state index in [0.29, 0.717) is 19.7 Å². The van der Waals surface area contributed by atoms with Gasteiger partial charge >= 0.3 is 0 Å². The Morgan fingerprint density at radius 1 is 1.40 bits per heavy atom. The van der Waals surface area contributed by atoms with E-state index in [-0.39, 0.29) is 18.2 Å². The van der Waals surface area contributed by atoms with E-state index < -0.39 is 0 Å². The van der Waals surface area contributed by atoms with Gasteiger partial charge in [-0.3, -0.25) is 10.2 Å². The topological polar surface area (TPSA) is 69.2 Å². The lowest BCUT2D eigenvalue weighted by Gasteiger charge is -2.39. The monoisotopic (exact) mass is 279 g/mol. The molecule has 7 nitrogen and oxygen atoms in total. The second-order valence-corrected chi connectivity index (χ2v) is 5.21. The second kappa shape index (κ2) is 6.23. The lowest BCUT2D eigenvalue weighted by Crippen LogP contribution is -2.58. The van der Waals surface area contributed by atoms with Gasteiger partial charge in [-0.15, -0.1) is 0 Å². The van der Waals surface area contributed by atoms with Crippen LogP contribution >= 0.6 is 0 Å². The van der Waals surface area contributed by atoms with Gasteiger partial charge < -0.3 is 15.0 Å². The number of hydrazone groups is 1. The summed E-state index contributed by atoms with van der Waals surface area (Å²) in [5, 5.41) is 9.15. The number of carbonyl (C=O) groups is 1. The quantitative estimate of drug-likeness (QED) is 0.722. The predicted octanol–water partition coefficient (Wildman–Crippen LogP) is -0.367. The van der Waals surface area contributed by atoms with E-state index in [1.54, 1.807) is 17.5 Å². The molecule has 2 saturated heterocycles. The molecule has 7 heteroatoms. The van der Waals surface area contributed by atoms with E-state index in [1.165, 1.54) is 0 Å². The highest BCUT2D eigenvalue weighted by atomic mass is 16.5. The molecule has 110 valence electrons. The fourth-order valence-corrected chi connectivity index (χ4v) is 2.73. The zero-order valence-corrected chi connectivity index (χ0v) is 11.5. The number of rotatable bonds is 2. The van der Waals surface area contributed by atoms with E-state index in [0.717, 1.165) is 25.8 Å².